The Morgan fingerprint density at radius 2 is 1.31 bits per heavy atom. The van der Waals surface area contributed by atoms with Gasteiger partial charge in [0.15, 0.2) is 0 Å². The highest BCUT2D eigenvalue weighted by molar-refractivity contribution is 7.98. The van der Waals surface area contributed by atoms with Crippen LogP contribution in [0.25, 0.3) is 0 Å². The zero-order valence-electron chi connectivity index (χ0n) is 30.5. The number of thioether (sulfide) groups is 1. The molecule has 51 heavy (non-hydrogen) atoms. The first-order valence-corrected chi connectivity index (χ1v) is 18.5. The van der Waals surface area contributed by atoms with Gasteiger partial charge >= 0.3 is 5.97 Å². The fraction of sp³-hybridized carbons (Fsp3) is 0.750. The normalized spacial score (nSPS) is 15.2. The lowest BCUT2D eigenvalue weighted by Gasteiger charge is -2.26. The van der Waals surface area contributed by atoms with Crippen molar-refractivity contribution in [2.75, 3.05) is 25.1 Å². The van der Waals surface area contributed by atoms with E-state index >= 15 is 0 Å². The summed E-state index contributed by atoms with van der Waals surface area (Å²) in [6.07, 6.45) is 3.28. The molecule has 7 unspecified atom stereocenters. The Morgan fingerprint density at radius 3 is 1.84 bits per heavy atom. The number of hydrogen-bond donors (Lipinski definition) is 10. The van der Waals surface area contributed by atoms with Crippen molar-refractivity contribution >= 4 is 59.1 Å². The van der Waals surface area contributed by atoms with E-state index in [1.54, 1.807) is 13.8 Å². The van der Waals surface area contributed by atoms with Gasteiger partial charge < -0.3 is 54.2 Å². The van der Waals surface area contributed by atoms with Crippen LogP contribution in [0.3, 0.4) is 0 Å². The van der Waals surface area contributed by atoms with E-state index in [2.05, 4.69) is 31.9 Å². The second kappa shape index (κ2) is 25.1. The number of amides is 7. The number of hydrogen-bond acceptors (Lipinski definition) is 11. The lowest BCUT2D eigenvalue weighted by atomic mass is 9.99. The predicted octanol–water partition coefficient (Wildman–Crippen LogP) is -2.19. The standard InChI is InChI=1S/C32H59N9O9S/c1-7-18(4)26(32(49)50)41-25(43)16-36-27(44)19(5)37-29(46)21(10-8-9-12-33)38-31(48)23(15-24(35)42)40-30(47)22(14-17(2)3)39-28(45)20(34)11-13-51-6/h17-23,26H,7-16,33-34H2,1-6H3,(H2,35,42)(H,36,44)(H,37,46)(H,38,48)(H,39,45)(H,40,47)(H,41,43)(H,49,50). The molecule has 0 aliphatic carbocycles. The van der Waals surface area contributed by atoms with Gasteiger partial charge in [-0.2, -0.15) is 11.8 Å². The maximum Gasteiger partial charge on any atom is 0.326 e. The Kier molecular flexibility index (Phi) is 23.1. The second-order valence-electron chi connectivity index (χ2n) is 12.9. The smallest absolute Gasteiger partial charge is 0.326 e. The van der Waals surface area contributed by atoms with Crippen LogP contribution in [-0.2, 0) is 38.4 Å². The van der Waals surface area contributed by atoms with Crippen LogP contribution in [-0.4, -0.2) is 114 Å². The summed E-state index contributed by atoms with van der Waals surface area (Å²) in [6.45, 7) is 8.19. The number of carbonyl (C=O) groups excluding carboxylic acids is 7. The third kappa shape index (κ3) is 19.3. The van der Waals surface area contributed by atoms with Gasteiger partial charge in [0, 0.05) is 0 Å². The molecule has 0 rings (SSSR count). The summed E-state index contributed by atoms with van der Waals surface area (Å²) >= 11 is 1.51. The van der Waals surface area contributed by atoms with E-state index in [1.807, 2.05) is 20.1 Å². The zero-order chi connectivity index (χ0) is 39.3. The largest absolute Gasteiger partial charge is 0.480 e. The van der Waals surface area contributed by atoms with Crippen molar-refractivity contribution in [2.24, 2.45) is 29.0 Å². The number of unbranched alkanes of at least 4 members (excludes halogenated alkanes) is 1. The first kappa shape index (κ1) is 47.0. The Morgan fingerprint density at radius 1 is 0.745 bits per heavy atom. The van der Waals surface area contributed by atoms with E-state index in [4.69, 9.17) is 17.2 Å². The van der Waals surface area contributed by atoms with Gasteiger partial charge in [-0.25, -0.2) is 4.79 Å². The predicted molar refractivity (Wildman–Crippen MR) is 193 cm³/mol. The van der Waals surface area contributed by atoms with Crippen molar-refractivity contribution in [2.45, 2.75) is 116 Å². The molecule has 7 amide bonds. The molecule has 0 fully saturated rings. The number of primary amides is 1. The summed E-state index contributed by atoms with van der Waals surface area (Å²) in [4.78, 5) is 101. The molecule has 292 valence electrons. The summed E-state index contributed by atoms with van der Waals surface area (Å²) in [5, 5.41) is 24.1. The monoisotopic (exact) mass is 745 g/mol. The van der Waals surface area contributed by atoms with Crippen molar-refractivity contribution in [3.05, 3.63) is 0 Å². The fourth-order valence-electron chi connectivity index (χ4n) is 4.68. The molecule has 0 saturated heterocycles. The van der Waals surface area contributed by atoms with Gasteiger partial charge in [0.25, 0.3) is 0 Å². The van der Waals surface area contributed by atoms with Gasteiger partial charge in [-0.1, -0.05) is 34.1 Å². The first-order valence-electron chi connectivity index (χ1n) is 17.1. The highest BCUT2D eigenvalue weighted by Crippen LogP contribution is 2.10. The van der Waals surface area contributed by atoms with Gasteiger partial charge in [0.2, 0.25) is 41.4 Å². The quantitative estimate of drug-likeness (QED) is 0.0422. The number of nitrogens with one attached hydrogen (secondary N) is 6. The molecule has 0 aliphatic heterocycles. The van der Waals surface area contributed by atoms with E-state index in [0.29, 0.717) is 38.0 Å². The highest BCUT2D eigenvalue weighted by atomic mass is 32.2. The lowest BCUT2D eigenvalue weighted by Crippen LogP contribution is -2.59. The van der Waals surface area contributed by atoms with Gasteiger partial charge in [-0.3, -0.25) is 33.6 Å². The van der Waals surface area contributed by atoms with Crippen molar-refractivity contribution < 1.29 is 43.5 Å². The van der Waals surface area contributed by atoms with Crippen LogP contribution >= 0.6 is 11.8 Å². The molecule has 0 aromatic carbocycles. The van der Waals surface area contributed by atoms with E-state index in [-0.39, 0.29) is 24.7 Å². The Balaban J connectivity index is 5.75. The molecule has 0 spiro atoms. The molecule has 7 atom stereocenters. The summed E-state index contributed by atoms with van der Waals surface area (Å²) in [5.74, 6) is -6.40. The topological polar surface area (TPSA) is 307 Å². The van der Waals surface area contributed by atoms with Crippen LogP contribution in [0.5, 0.6) is 0 Å². The Hall–Kier alpha value is -3.97. The van der Waals surface area contributed by atoms with E-state index in [0.717, 1.165) is 0 Å². The van der Waals surface area contributed by atoms with Crippen LogP contribution in [0, 0.1) is 11.8 Å². The molecule has 0 aromatic heterocycles. The number of carboxylic acid groups (broad SMARTS) is 1. The first-order chi connectivity index (χ1) is 23.9. The van der Waals surface area contributed by atoms with Crippen molar-refractivity contribution in [3.8, 4) is 0 Å². The maximum atomic E-state index is 13.4. The minimum Gasteiger partial charge on any atom is -0.480 e. The van der Waals surface area contributed by atoms with Gasteiger partial charge in [-0.05, 0) is 69.4 Å². The molecule has 0 saturated carbocycles. The molecule has 18 nitrogen and oxygen atoms in total. The van der Waals surface area contributed by atoms with Gasteiger partial charge in [0.1, 0.15) is 30.2 Å². The van der Waals surface area contributed by atoms with Crippen molar-refractivity contribution in [1.82, 2.24) is 31.9 Å². The van der Waals surface area contributed by atoms with Crippen LogP contribution < -0.4 is 49.1 Å². The fourth-order valence-corrected chi connectivity index (χ4v) is 5.17. The average Bonchev–Trinajstić information content (AvgIpc) is 3.06. The third-order valence-corrected chi connectivity index (χ3v) is 8.54. The zero-order valence-corrected chi connectivity index (χ0v) is 31.4. The SMILES string of the molecule is CCC(C)C(NC(=O)CNC(=O)C(C)NC(=O)C(CCCCN)NC(=O)C(CC(N)=O)NC(=O)C(CC(C)C)NC(=O)C(N)CCSC)C(=O)O. The maximum absolute atomic E-state index is 13.4. The van der Waals surface area contributed by atoms with E-state index < -0.39 is 96.5 Å². The third-order valence-electron chi connectivity index (χ3n) is 7.90. The molecule has 0 heterocycles. The molecule has 19 heteroatoms. The number of nitrogens with two attached hydrogens (primary N) is 3. The van der Waals surface area contributed by atoms with Crippen molar-refractivity contribution in [1.29, 1.82) is 0 Å². The summed E-state index contributed by atoms with van der Waals surface area (Å²) < 4.78 is 0. The Labute approximate surface area is 304 Å². The van der Waals surface area contributed by atoms with Crippen LogP contribution in [0.4, 0.5) is 0 Å². The lowest BCUT2D eigenvalue weighted by molar-refractivity contribution is -0.143. The Bertz CT molecular complexity index is 1190. The van der Waals surface area contributed by atoms with E-state index in [9.17, 15) is 43.5 Å². The summed E-state index contributed by atoms with van der Waals surface area (Å²) in [6, 6.07) is -7.03. The number of carboxylic acids is 1. The van der Waals surface area contributed by atoms with Crippen LogP contribution in [0.2, 0.25) is 0 Å². The molecule has 13 N–H and O–H groups in total. The number of carbonyl (C=O) groups is 8. The average molecular weight is 746 g/mol. The number of aliphatic carboxylic acids is 1. The molecule has 0 radical (unpaired) electrons. The molecule has 0 aliphatic rings. The van der Waals surface area contributed by atoms with Crippen LogP contribution in [0.15, 0.2) is 0 Å². The molecule has 0 aromatic rings. The second-order valence-corrected chi connectivity index (χ2v) is 13.9. The molecular weight excluding hydrogens is 686 g/mol. The minimum atomic E-state index is -1.51. The van der Waals surface area contributed by atoms with E-state index in [1.165, 1.54) is 18.7 Å². The summed E-state index contributed by atoms with van der Waals surface area (Å²) in [7, 11) is 0. The number of rotatable bonds is 26. The molecular formula is C32H59N9O9S. The van der Waals surface area contributed by atoms with Gasteiger partial charge in [-0.15, -0.1) is 0 Å². The minimum absolute atomic E-state index is 0.0532. The van der Waals surface area contributed by atoms with Crippen molar-refractivity contribution in [3.63, 3.8) is 0 Å². The summed E-state index contributed by atoms with van der Waals surface area (Å²) in [5.41, 5.74) is 16.9. The highest BCUT2D eigenvalue weighted by Gasteiger charge is 2.32. The van der Waals surface area contributed by atoms with Crippen LogP contribution in [0.1, 0.15) is 79.6 Å². The van der Waals surface area contributed by atoms with Gasteiger partial charge in [0.05, 0.1) is 19.0 Å². The molecule has 0 bridgehead atoms.